The van der Waals surface area contributed by atoms with E-state index in [1.165, 1.54) is 0 Å². The number of aliphatic carboxylic acids is 1. The van der Waals surface area contributed by atoms with Crippen molar-refractivity contribution in [2.75, 3.05) is 72.0 Å². The summed E-state index contributed by atoms with van der Waals surface area (Å²) < 4.78 is 13.3. The quantitative estimate of drug-likeness (QED) is 0.0376. The molecular weight excluding hydrogens is 889 g/mol. The van der Waals surface area contributed by atoms with E-state index in [9.17, 15) is 33.6 Å². The molecule has 1 saturated heterocycles. The first-order valence-corrected chi connectivity index (χ1v) is 24.0. The van der Waals surface area contributed by atoms with Crippen molar-refractivity contribution in [1.29, 1.82) is 0 Å². The number of benzene rings is 2. The lowest BCUT2D eigenvalue weighted by molar-refractivity contribution is -0.139. The van der Waals surface area contributed by atoms with Crippen molar-refractivity contribution in [2.24, 2.45) is 11.7 Å². The molecule has 1 aliphatic heterocycles. The molecule has 2 atom stereocenters. The van der Waals surface area contributed by atoms with Gasteiger partial charge in [-0.2, -0.15) is 0 Å². The smallest absolute Gasteiger partial charge is 0.312 e. The third kappa shape index (κ3) is 18.7. The molecule has 4 rings (SSSR count). The Kier molecular flexibility index (Phi) is 23.4. The number of hydrazine groups is 1. The number of carboxylic acid groups (broad SMARTS) is 1. The second kappa shape index (κ2) is 29.1. The van der Waals surface area contributed by atoms with E-state index in [0.717, 1.165) is 28.6 Å². The Morgan fingerprint density at radius 2 is 1.57 bits per heavy atom. The largest absolute Gasteiger partial charge is 0.481 e. The maximum absolute atomic E-state index is 14.0. The van der Waals surface area contributed by atoms with Gasteiger partial charge in [0.15, 0.2) is 0 Å². The topological polar surface area (TPSA) is 259 Å². The van der Waals surface area contributed by atoms with E-state index in [-0.39, 0.29) is 89.0 Å². The number of hydrogen-bond donors (Lipinski definition) is 7. The lowest BCUT2D eigenvalue weighted by Crippen LogP contribution is -2.54. The zero-order valence-electron chi connectivity index (χ0n) is 40.9. The molecule has 1 fully saturated rings. The molecule has 0 aliphatic carbocycles. The summed E-state index contributed by atoms with van der Waals surface area (Å²) in [5.74, 6) is -3.17. The number of ether oxygens (including phenoxy) is 2. The van der Waals surface area contributed by atoms with Gasteiger partial charge >= 0.3 is 12.0 Å². The van der Waals surface area contributed by atoms with Gasteiger partial charge in [-0.1, -0.05) is 51.1 Å². The molecule has 20 nitrogen and oxygen atoms in total. The van der Waals surface area contributed by atoms with Crippen LogP contribution in [0.3, 0.4) is 0 Å². The molecular formula is C49H74N10O10. The Labute approximate surface area is 405 Å². The van der Waals surface area contributed by atoms with Gasteiger partial charge in [-0.3, -0.25) is 34.2 Å². The summed E-state index contributed by atoms with van der Waals surface area (Å²) in [7, 11) is 3.82. The number of primary amides is 1. The molecule has 0 spiro atoms. The maximum Gasteiger partial charge on any atom is 0.312 e. The van der Waals surface area contributed by atoms with Gasteiger partial charge in [0, 0.05) is 82.0 Å². The number of amides is 7. The van der Waals surface area contributed by atoms with Crippen LogP contribution >= 0.6 is 0 Å². The van der Waals surface area contributed by atoms with Crippen LogP contribution in [0.25, 0.3) is 10.9 Å². The van der Waals surface area contributed by atoms with E-state index in [4.69, 9.17) is 20.3 Å². The summed E-state index contributed by atoms with van der Waals surface area (Å²) in [6.45, 7) is 8.62. The minimum Gasteiger partial charge on any atom is -0.481 e. The highest BCUT2D eigenvalue weighted by Gasteiger charge is 2.32. The molecule has 7 amide bonds. The van der Waals surface area contributed by atoms with Crippen molar-refractivity contribution in [2.45, 2.75) is 110 Å². The number of carbonyl (C=O) groups is 7. The van der Waals surface area contributed by atoms with Crippen LogP contribution in [0.5, 0.6) is 0 Å². The molecule has 69 heavy (non-hydrogen) atoms. The van der Waals surface area contributed by atoms with Crippen molar-refractivity contribution in [3.05, 3.63) is 65.9 Å². The number of nitrogens with two attached hydrogens (primary N) is 1. The molecule has 0 unspecified atom stereocenters. The first-order valence-electron chi connectivity index (χ1n) is 24.0. The van der Waals surface area contributed by atoms with Crippen LogP contribution in [0.4, 0.5) is 10.5 Å². The fourth-order valence-corrected chi connectivity index (χ4v) is 8.18. The number of likely N-dealkylation sites (tertiary alicyclic amines) is 1. The number of fused-ring (bicyclic) bond motifs is 1. The number of anilines is 1. The second-order valence-electron chi connectivity index (χ2n) is 17.6. The molecule has 0 bridgehead atoms. The van der Waals surface area contributed by atoms with Crippen LogP contribution in [0.1, 0.15) is 83.4 Å². The van der Waals surface area contributed by atoms with E-state index < -0.39 is 41.8 Å². The molecule has 1 aromatic heterocycles. The summed E-state index contributed by atoms with van der Waals surface area (Å²) in [4.78, 5) is 94.0. The van der Waals surface area contributed by atoms with Crippen LogP contribution in [0.15, 0.2) is 54.6 Å². The Morgan fingerprint density at radius 3 is 2.22 bits per heavy atom. The number of aromatic nitrogens is 1. The van der Waals surface area contributed by atoms with Gasteiger partial charge in [0.25, 0.3) is 0 Å². The zero-order chi connectivity index (χ0) is 50.3. The highest BCUT2D eigenvalue weighted by atomic mass is 16.5. The average Bonchev–Trinajstić information content (AvgIpc) is 3.68. The zero-order valence-corrected chi connectivity index (χ0v) is 40.9. The summed E-state index contributed by atoms with van der Waals surface area (Å²) >= 11 is 0. The first kappa shape index (κ1) is 55.5. The maximum atomic E-state index is 14.0. The normalized spacial score (nSPS) is 13.8. The number of carboxylic acids is 1. The van der Waals surface area contributed by atoms with Crippen molar-refractivity contribution in [3.63, 3.8) is 0 Å². The summed E-state index contributed by atoms with van der Waals surface area (Å²) in [5.41, 5.74) is 12.1. The van der Waals surface area contributed by atoms with Crippen molar-refractivity contribution < 1.29 is 48.1 Å². The van der Waals surface area contributed by atoms with Crippen molar-refractivity contribution in [3.8, 4) is 0 Å². The molecule has 2 heterocycles. The van der Waals surface area contributed by atoms with Crippen LogP contribution < -0.4 is 32.4 Å². The molecule has 380 valence electrons. The van der Waals surface area contributed by atoms with Gasteiger partial charge in [0.1, 0.15) is 12.1 Å². The molecule has 0 saturated carbocycles. The van der Waals surface area contributed by atoms with Gasteiger partial charge in [-0.15, -0.1) is 0 Å². The highest BCUT2D eigenvalue weighted by Crippen LogP contribution is 2.23. The van der Waals surface area contributed by atoms with Crippen molar-refractivity contribution in [1.82, 2.24) is 40.8 Å². The van der Waals surface area contributed by atoms with Crippen LogP contribution in [-0.4, -0.2) is 151 Å². The van der Waals surface area contributed by atoms with E-state index in [2.05, 4.69) is 49.5 Å². The van der Waals surface area contributed by atoms with E-state index in [0.29, 0.717) is 57.5 Å². The fraction of sp³-hybridized carbons (Fsp3) is 0.571. The lowest BCUT2D eigenvalue weighted by Gasteiger charge is -2.39. The Hall–Kier alpha value is -6.09. The molecule has 3 aromatic rings. The van der Waals surface area contributed by atoms with Crippen LogP contribution in [0, 0.1) is 5.92 Å². The average molecular weight is 963 g/mol. The first-order chi connectivity index (χ1) is 33.1. The van der Waals surface area contributed by atoms with E-state index in [1.807, 2.05) is 55.2 Å². The van der Waals surface area contributed by atoms with Gasteiger partial charge in [0.2, 0.25) is 29.5 Å². The number of aryl methyl sites for hydroxylation is 2. The minimum atomic E-state index is -1.03. The number of rotatable bonds is 30. The van der Waals surface area contributed by atoms with Crippen molar-refractivity contribution >= 4 is 58.1 Å². The summed E-state index contributed by atoms with van der Waals surface area (Å²) in [5, 5.41) is 22.8. The lowest BCUT2D eigenvalue weighted by atomic mass is 10.0. The highest BCUT2D eigenvalue weighted by molar-refractivity contribution is 5.98. The third-order valence-electron chi connectivity index (χ3n) is 12.2. The summed E-state index contributed by atoms with van der Waals surface area (Å²) in [6.07, 6.45) is 2.21. The van der Waals surface area contributed by atoms with Crippen LogP contribution in [0.2, 0.25) is 0 Å². The molecule has 1 aliphatic rings. The number of nitrogens with zero attached hydrogens (tertiary/aromatic N) is 4. The number of carbonyl (C=O) groups excluding carboxylic acids is 6. The number of para-hydroxylation sites is 1. The molecule has 0 radical (unpaired) electrons. The number of piperidine rings is 1. The monoisotopic (exact) mass is 963 g/mol. The predicted molar refractivity (Wildman–Crippen MR) is 261 cm³/mol. The predicted octanol–water partition coefficient (Wildman–Crippen LogP) is 2.98. The SMILES string of the molecule is CCc1ccc(NC(=O)[C@H](CCCNC(N)=O)NC(=O)[C@@H](NC(=O)CCC(=O)N(CCOCCOCCC(=O)O)C2CCN(C(=O)CCn3c(CN(C)NC)cc4ccccc43)CC2)C(C)C)cc1. The number of urea groups is 1. The van der Waals surface area contributed by atoms with E-state index >= 15 is 0 Å². The molecule has 2 aromatic carbocycles. The second-order valence-corrected chi connectivity index (χ2v) is 17.6. The Bertz CT molecular complexity index is 2140. The third-order valence-corrected chi connectivity index (χ3v) is 12.2. The van der Waals surface area contributed by atoms with E-state index in [1.54, 1.807) is 30.9 Å². The van der Waals surface area contributed by atoms with Crippen LogP contribution in [-0.2, 0) is 57.8 Å². The molecule has 20 heteroatoms. The van der Waals surface area contributed by atoms with Gasteiger partial charge in [0.05, 0.1) is 39.4 Å². The standard InChI is InChI=1S/C49H74N10O10/c1-6-35-13-15-37(16-14-35)53-47(65)40(11-9-23-52-49(50)67)54-48(66)46(34(2)3)55-42(60)17-18-44(62)59(27-29-69-31-30-68-28-22-45(63)64)38-19-24-57(25-20-38)43(61)21-26-58-39(33-56(5)51-4)32-36-10-7-8-12-41(36)58/h7-8,10,12-16,32,34,38,40,46,51H,6,9,11,17-31,33H2,1-5H3,(H,53,65)(H,54,66)(H,55,60)(H,63,64)(H3,50,52,67)/t40-,46-/m0/s1. The van der Waals surface area contributed by atoms with Gasteiger partial charge in [-0.05, 0) is 80.3 Å². The fourth-order valence-electron chi connectivity index (χ4n) is 8.18. The van der Waals surface area contributed by atoms with Gasteiger partial charge in [-0.25, -0.2) is 9.80 Å². The number of hydrogen-bond acceptors (Lipinski definition) is 11. The minimum absolute atomic E-state index is 0.0254. The Morgan fingerprint density at radius 1 is 0.870 bits per heavy atom. The van der Waals surface area contributed by atoms with Gasteiger partial charge < -0.3 is 55.9 Å². The summed E-state index contributed by atoms with van der Waals surface area (Å²) in [6, 6.07) is 14.6. The Balaban J connectivity index is 1.36. The molecule has 8 N–H and O–H groups in total. The number of nitrogens with one attached hydrogen (secondary N) is 5.